The quantitative estimate of drug-likeness (QED) is 0.781. The molecule has 0 aliphatic carbocycles. The number of hydrogen-bond donors (Lipinski definition) is 1. The van der Waals surface area contributed by atoms with Crippen LogP contribution in [0, 0.1) is 0 Å². The lowest BCUT2D eigenvalue weighted by Gasteiger charge is -2.11. The van der Waals surface area contributed by atoms with Crippen LogP contribution in [0.25, 0.3) is 22.0 Å². The van der Waals surface area contributed by atoms with E-state index in [4.69, 9.17) is 10.5 Å². The second-order valence-electron chi connectivity index (χ2n) is 5.30. The van der Waals surface area contributed by atoms with Crippen molar-refractivity contribution in [3.8, 4) is 16.9 Å². The Balaban J connectivity index is 1.97. The van der Waals surface area contributed by atoms with Crippen molar-refractivity contribution in [3.05, 3.63) is 59.8 Å². The Morgan fingerprint density at radius 2 is 2.10 bits per heavy atom. The summed E-state index contributed by atoms with van der Waals surface area (Å²) in [6.07, 6.45) is 2.78. The van der Waals surface area contributed by atoms with Gasteiger partial charge in [-0.25, -0.2) is 0 Å². The Morgan fingerprint density at radius 1 is 1.14 bits per heavy atom. The first kappa shape index (κ1) is 12.4. The Hall–Kier alpha value is -2.39. The van der Waals surface area contributed by atoms with Crippen LogP contribution in [-0.2, 0) is 13.0 Å². The lowest BCUT2D eigenvalue weighted by molar-refractivity contribution is 0.353. The van der Waals surface area contributed by atoms with E-state index >= 15 is 0 Å². The van der Waals surface area contributed by atoms with Crippen molar-refractivity contribution in [3.63, 3.8) is 0 Å². The van der Waals surface area contributed by atoms with Crippen molar-refractivity contribution < 1.29 is 4.74 Å². The number of benzene rings is 2. The third kappa shape index (κ3) is 1.98. The molecule has 0 radical (unpaired) electrons. The summed E-state index contributed by atoms with van der Waals surface area (Å²) in [5.41, 5.74) is 11.6. The van der Waals surface area contributed by atoms with E-state index in [9.17, 15) is 0 Å². The summed E-state index contributed by atoms with van der Waals surface area (Å²) in [6.45, 7) is 1.25. The average Bonchev–Trinajstić information content (AvgIpc) is 3.02. The van der Waals surface area contributed by atoms with Crippen LogP contribution in [0.3, 0.4) is 0 Å². The molecule has 3 nitrogen and oxygen atoms in total. The first-order valence-corrected chi connectivity index (χ1v) is 7.19. The number of nitrogens with two attached hydrogens (primary N) is 1. The predicted molar refractivity (Wildman–Crippen MR) is 84.3 cm³/mol. The molecule has 1 aliphatic rings. The van der Waals surface area contributed by atoms with E-state index < -0.39 is 0 Å². The molecule has 21 heavy (non-hydrogen) atoms. The third-order valence-electron chi connectivity index (χ3n) is 4.04. The van der Waals surface area contributed by atoms with E-state index in [1.54, 1.807) is 0 Å². The van der Waals surface area contributed by atoms with Crippen molar-refractivity contribution >= 4 is 10.9 Å². The molecule has 1 aromatic heterocycles. The normalized spacial score (nSPS) is 13.2. The van der Waals surface area contributed by atoms with Crippen molar-refractivity contribution in [2.75, 3.05) is 6.61 Å². The highest BCUT2D eigenvalue weighted by molar-refractivity contribution is 5.94. The maximum Gasteiger partial charge on any atom is 0.127 e. The van der Waals surface area contributed by atoms with Gasteiger partial charge in [-0.15, -0.1) is 0 Å². The Bertz CT molecular complexity index is 821. The molecule has 4 rings (SSSR count). The summed E-state index contributed by atoms with van der Waals surface area (Å²) in [4.78, 5) is 4.43. The van der Waals surface area contributed by atoms with E-state index in [0.717, 1.165) is 29.9 Å². The van der Waals surface area contributed by atoms with Gasteiger partial charge in [0, 0.05) is 30.1 Å². The summed E-state index contributed by atoms with van der Waals surface area (Å²) >= 11 is 0. The van der Waals surface area contributed by atoms with Crippen LogP contribution in [-0.4, -0.2) is 11.6 Å². The molecule has 0 unspecified atom stereocenters. The van der Waals surface area contributed by atoms with Gasteiger partial charge in [-0.05, 0) is 41.0 Å². The Kier molecular flexibility index (Phi) is 2.86. The monoisotopic (exact) mass is 276 g/mol. The highest BCUT2D eigenvalue weighted by Gasteiger charge is 2.18. The van der Waals surface area contributed by atoms with Gasteiger partial charge in [0.2, 0.25) is 0 Å². The highest BCUT2D eigenvalue weighted by Crippen LogP contribution is 2.36. The molecule has 2 N–H and O–H groups in total. The van der Waals surface area contributed by atoms with Gasteiger partial charge < -0.3 is 10.5 Å². The summed E-state index contributed by atoms with van der Waals surface area (Å²) < 4.78 is 5.71. The molecule has 2 aromatic carbocycles. The maximum atomic E-state index is 5.89. The fraction of sp³-hybridized carbons (Fsp3) is 0.167. The van der Waals surface area contributed by atoms with E-state index in [0.29, 0.717) is 6.54 Å². The molecule has 3 aromatic rings. The summed E-state index contributed by atoms with van der Waals surface area (Å²) in [6, 6.07) is 14.7. The number of pyridine rings is 1. The SMILES string of the molecule is NCc1cc(-c2cccc3ncccc23)cc2c1OCC2. The van der Waals surface area contributed by atoms with E-state index in [2.05, 4.69) is 35.3 Å². The molecule has 0 atom stereocenters. The second kappa shape index (κ2) is 4.86. The molecule has 0 bridgehead atoms. The van der Waals surface area contributed by atoms with Gasteiger partial charge in [0.25, 0.3) is 0 Å². The van der Waals surface area contributed by atoms with Gasteiger partial charge >= 0.3 is 0 Å². The summed E-state index contributed by atoms with van der Waals surface area (Å²) in [5, 5.41) is 1.17. The predicted octanol–water partition coefficient (Wildman–Crippen LogP) is 3.30. The standard InChI is InChI=1S/C18H16N2O/c19-11-14-10-13(9-12-6-8-21-18(12)14)15-3-1-5-17-16(15)4-2-7-20-17/h1-5,7,9-10H,6,8,11,19H2. The van der Waals surface area contributed by atoms with Crippen LogP contribution in [0.2, 0.25) is 0 Å². The van der Waals surface area contributed by atoms with Gasteiger partial charge in [-0.1, -0.05) is 18.2 Å². The number of fused-ring (bicyclic) bond motifs is 2. The topological polar surface area (TPSA) is 48.1 Å². The minimum absolute atomic E-state index is 0.499. The number of nitrogens with zero attached hydrogens (tertiary/aromatic N) is 1. The van der Waals surface area contributed by atoms with Crippen molar-refractivity contribution in [1.82, 2.24) is 4.98 Å². The smallest absolute Gasteiger partial charge is 0.127 e. The molecular weight excluding hydrogens is 260 g/mol. The fourth-order valence-corrected chi connectivity index (χ4v) is 3.05. The van der Waals surface area contributed by atoms with Gasteiger partial charge in [0.1, 0.15) is 5.75 Å². The van der Waals surface area contributed by atoms with E-state index in [1.165, 1.54) is 22.1 Å². The third-order valence-corrected chi connectivity index (χ3v) is 4.04. The van der Waals surface area contributed by atoms with Crippen LogP contribution in [0.15, 0.2) is 48.7 Å². The molecule has 1 aliphatic heterocycles. The van der Waals surface area contributed by atoms with E-state index in [-0.39, 0.29) is 0 Å². The van der Waals surface area contributed by atoms with Crippen LogP contribution in [0.4, 0.5) is 0 Å². The van der Waals surface area contributed by atoms with Crippen molar-refractivity contribution in [1.29, 1.82) is 0 Å². The molecular formula is C18H16N2O. The number of ether oxygens (including phenoxy) is 1. The maximum absolute atomic E-state index is 5.89. The minimum Gasteiger partial charge on any atom is -0.493 e. The van der Waals surface area contributed by atoms with E-state index in [1.807, 2.05) is 18.3 Å². The largest absolute Gasteiger partial charge is 0.493 e. The highest BCUT2D eigenvalue weighted by atomic mass is 16.5. The molecule has 0 spiro atoms. The van der Waals surface area contributed by atoms with Crippen LogP contribution in [0.1, 0.15) is 11.1 Å². The van der Waals surface area contributed by atoms with Gasteiger partial charge in [-0.3, -0.25) is 4.98 Å². The summed E-state index contributed by atoms with van der Waals surface area (Å²) in [5.74, 6) is 0.986. The molecule has 3 heteroatoms. The first-order valence-electron chi connectivity index (χ1n) is 7.19. The van der Waals surface area contributed by atoms with Crippen LogP contribution < -0.4 is 10.5 Å². The average molecular weight is 276 g/mol. The van der Waals surface area contributed by atoms with Gasteiger partial charge in [-0.2, -0.15) is 0 Å². The molecule has 104 valence electrons. The molecule has 0 saturated heterocycles. The van der Waals surface area contributed by atoms with Crippen molar-refractivity contribution in [2.24, 2.45) is 5.73 Å². The minimum atomic E-state index is 0.499. The van der Waals surface area contributed by atoms with Gasteiger partial charge in [0.15, 0.2) is 0 Å². The van der Waals surface area contributed by atoms with Crippen LogP contribution in [0.5, 0.6) is 5.75 Å². The lowest BCUT2D eigenvalue weighted by Crippen LogP contribution is -2.00. The first-order chi connectivity index (χ1) is 10.4. The zero-order valence-corrected chi connectivity index (χ0v) is 11.7. The molecule has 0 saturated carbocycles. The number of rotatable bonds is 2. The molecule has 0 fully saturated rings. The number of aromatic nitrogens is 1. The zero-order chi connectivity index (χ0) is 14.2. The van der Waals surface area contributed by atoms with Crippen LogP contribution >= 0.6 is 0 Å². The summed E-state index contributed by atoms with van der Waals surface area (Å²) in [7, 11) is 0. The Morgan fingerprint density at radius 3 is 3.00 bits per heavy atom. The van der Waals surface area contributed by atoms with Crippen molar-refractivity contribution in [2.45, 2.75) is 13.0 Å². The molecule has 2 heterocycles. The second-order valence-corrected chi connectivity index (χ2v) is 5.30. The number of hydrogen-bond acceptors (Lipinski definition) is 3. The Labute approximate surface area is 123 Å². The fourth-order valence-electron chi connectivity index (χ4n) is 3.05. The molecule has 0 amide bonds. The zero-order valence-electron chi connectivity index (χ0n) is 11.7. The lowest BCUT2D eigenvalue weighted by atomic mass is 9.95. The van der Waals surface area contributed by atoms with Gasteiger partial charge in [0.05, 0.1) is 12.1 Å².